The molecule has 1 heterocycles. The van der Waals surface area contributed by atoms with Crippen molar-refractivity contribution >= 4 is 41.0 Å². The van der Waals surface area contributed by atoms with Crippen LogP contribution in [-0.4, -0.2) is 27.3 Å². The molecule has 1 fully saturated rings. The highest BCUT2D eigenvalue weighted by atomic mass is 32.2. The molecule has 1 aromatic carbocycles. The molecular formula is C13H17N3OS2. The maximum absolute atomic E-state index is 11.7. The predicted octanol–water partition coefficient (Wildman–Crippen LogP) is 3.38. The smallest absolute Gasteiger partial charge is 0.307 e. The van der Waals surface area contributed by atoms with Crippen molar-refractivity contribution in [3.05, 3.63) is 30.3 Å². The van der Waals surface area contributed by atoms with Crippen molar-refractivity contribution in [3.63, 3.8) is 0 Å². The van der Waals surface area contributed by atoms with Crippen LogP contribution in [0.5, 0.6) is 0 Å². The van der Waals surface area contributed by atoms with Crippen molar-refractivity contribution in [2.45, 2.75) is 17.9 Å². The molecule has 1 aromatic rings. The first-order valence-electron chi connectivity index (χ1n) is 6.05. The second kappa shape index (κ2) is 6.34. The molecule has 0 aromatic heterocycles. The Morgan fingerprint density at radius 1 is 1.26 bits per heavy atom. The van der Waals surface area contributed by atoms with Crippen molar-refractivity contribution in [2.75, 3.05) is 16.8 Å². The van der Waals surface area contributed by atoms with E-state index in [1.165, 1.54) is 0 Å². The van der Waals surface area contributed by atoms with Gasteiger partial charge >= 0.3 is 6.03 Å². The van der Waals surface area contributed by atoms with Crippen LogP contribution < -0.4 is 10.7 Å². The average molecular weight is 295 g/mol. The summed E-state index contributed by atoms with van der Waals surface area (Å²) >= 11 is 3.74. The lowest BCUT2D eigenvalue weighted by Crippen LogP contribution is -2.30. The molecule has 19 heavy (non-hydrogen) atoms. The third kappa shape index (κ3) is 3.91. The maximum atomic E-state index is 11.7. The van der Waals surface area contributed by atoms with Gasteiger partial charge in [-0.15, -0.1) is 23.5 Å². The number of nitrogens with one attached hydrogen (secondary N) is 2. The zero-order chi connectivity index (χ0) is 13.7. The molecular weight excluding hydrogens is 278 g/mol. The number of hydrazone groups is 1. The van der Waals surface area contributed by atoms with Crippen LogP contribution in [0.25, 0.3) is 0 Å². The molecule has 2 rings (SSSR count). The lowest BCUT2D eigenvalue weighted by Gasteiger charge is -2.21. The minimum atomic E-state index is -0.317. The summed E-state index contributed by atoms with van der Waals surface area (Å²) in [7, 11) is 0. The number of anilines is 1. The summed E-state index contributed by atoms with van der Waals surface area (Å²) in [5, 5.41) is 6.92. The molecule has 0 spiro atoms. The largest absolute Gasteiger partial charge is 0.339 e. The predicted molar refractivity (Wildman–Crippen MR) is 85.0 cm³/mol. The number of carbonyl (C=O) groups is 1. The summed E-state index contributed by atoms with van der Waals surface area (Å²) < 4.78 is -0.0139. The number of hydrogen-bond donors (Lipinski definition) is 2. The van der Waals surface area contributed by atoms with E-state index >= 15 is 0 Å². The van der Waals surface area contributed by atoms with Gasteiger partial charge in [0.25, 0.3) is 0 Å². The molecule has 102 valence electrons. The topological polar surface area (TPSA) is 53.5 Å². The number of hydrogen-bond acceptors (Lipinski definition) is 4. The number of rotatable bonds is 3. The van der Waals surface area contributed by atoms with Gasteiger partial charge in [-0.05, 0) is 26.0 Å². The average Bonchev–Trinajstić information content (AvgIpc) is 2.85. The highest BCUT2D eigenvalue weighted by Gasteiger charge is 2.33. The lowest BCUT2D eigenvalue weighted by molar-refractivity contribution is 0.252. The first-order valence-corrected chi connectivity index (χ1v) is 8.02. The second-order valence-electron chi connectivity index (χ2n) is 4.27. The Labute approximate surface area is 121 Å². The Balaban J connectivity index is 1.89. The van der Waals surface area contributed by atoms with E-state index < -0.39 is 0 Å². The zero-order valence-corrected chi connectivity index (χ0v) is 12.6. The molecule has 0 radical (unpaired) electrons. The molecule has 0 saturated carbocycles. The molecule has 1 aliphatic rings. The Morgan fingerprint density at radius 2 is 1.89 bits per heavy atom. The molecule has 4 nitrogen and oxygen atoms in total. The molecule has 2 N–H and O–H groups in total. The van der Waals surface area contributed by atoms with Crippen molar-refractivity contribution in [3.8, 4) is 0 Å². The number of urea groups is 1. The summed E-state index contributed by atoms with van der Waals surface area (Å²) in [5.41, 5.74) is 4.23. The number of benzene rings is 1. The summed E-state index contributed by atoms with van der Waals surface area (Å²) in [6.07, 6.45) is 0. The van der Waals surface area contributed by atoms with Crippen LogP contribution in [0.4, 0.5) is 10.5 Å². The van der Waals surface area contributed by atoms with Gasteiger partial charge in [-0.2, -0.15) is 5.10 Å². The molecule has 0 bridgehead atoms. The van der Waals surface area contributed by atoms with Crippen LogP contribution in [0.2, 0.25) is 0 Å². The van der Waals surface area contributed by atoms with Gasteiger partial charge in [-0.25, -0.2) is 10.2 Å². The van der Waals surface area contributed by atoms with E-state index in [4.69, 9.17) is 0 Å². The fourth-order valence-electron chi connectivity index (χ4n) is 1.64. The van der Waals surface area contributed by atoms with E-state index in [1.54, 1.807) is 0 Å². The van der Waals surface area contributed by atoms with Gasteiger partial charge in [0, 0.05) is 17.2 Å². The Morgan fingerprint density at radius 3 is 2.53 bits per heavy atom. The van der Waals surface area contributed by atoms with Crippen LogP contribution in [0, 0.1) is 0 Å². The Kier molecular flexibility index (Phi) is 4.76. The molecule has 1 saturated heterocycles. The van der Waals surface area contributed by atoms with Crippen LogP contribution >= 0.6 is 23.5 Å². The quantitative estimate of drug-likeness (QED) is 0.664. The first-order chi connectivity index (χ1) is 9.10. The van der Waals surface area contributed by atoms with Crippen LogP contribution in [0.3, 0.4) is 0 Å². The molecule has 6 heteroatoms. The third-order valence-electron chi connectivity index (χ3n) is 2.85. The van der Waals surface area contributed by atoms with Crippen molar-refractivity contribution < 1.29 is 4.79 Å². The molecule has 2 amide bonds. The third-order valence-corrected chi connectivity index (χ3v) is 6.33. The van der Waals surface area contributed by atoms with Crippen molar-refractivity contribution in [2.24, 2.45) is 5.10 Å². The molecule has 0 atom stereocenters. The number of carbonyl (C=O) groups excluding carboxylic acids is 1. The van der Waals surface area contributed by atoms with Crippen molar-refractivity contribution in [1.29, 1.82) is 0 Å². The second-order valence-corrected chi connectivity index (χ2v) is 7.56. The van der Waals surface area contributed by atoms with Gasteiger partial charge in [-0.3, -0.25) is 0 Å². The van der Waals surface area contributed by atoms with E-state index in [9.17, 15) is 4.79 Å². The fourth-order valence-corrected chi connectivity index (χ4v) is 4.43. The molecule has 1 aliphatic heterocycles. The van der Waals surface area contributed by atoms with Gasteiger partial charge in [0.2, 0.25) is 0 Å². The number of amides is 2. The van der Waals surface area contributed by atoms with E-state index in [0.717, 1.165) is 22.9 Å². The van der Waals surface area contributed by atoms with Gasteiger partial charge in [0.05, 0.1) is 9.79 Å². The van der Waals surface area contributed by atoms with E-state index in [2.05, 4.69) is 22.8 Å². The fraction of sp³-hybridized carbons (Fsp3) is 0.385. The van der Waals surface area contributed by atoms with Crippen LogP contribution in [0.1, 0.15) is 13.8 Å². The minimum Gasteiger partial charge on any atom is -0.307 e. The van der Waals surface area contributed by atoms with Crippen LogP contribution in [0.15, 0.2) is 35.4 Å². The lowest BCUT2D eigenvalue weighted by atomic mass is 10.3. The summed E-state index contributed by atoms with van der Waals surface area (Å²) in [4.78, 5) is 11.7. The molecule has 0 aliphatic carbocycles. The standard InChI is InChI=1S/C13H17N3OS2/c1-10(13(2)18-8-9-19-13)15-16-12(17)14-11-6-4-3-5-7-11/h3-7H,8-9H2,1-2H3,(H2,14,16,17)/b15-10+. The summed E-state index contributed by atoms with van der Waals surface area (Å²) in [6, 6.07) is 9.00. The van der Waals surface area contributed by atoms with Crippen molar-refractivity contribution in [1.82, 2.24) is 5.43 Å². The normalized spacial score (nSPS) is 18.1. The Bertz CT molecular complexity index is 470. The number of nitrogens with zero attached hydrogens (tertiary/aromatic N) is 1. The van der Waals surface area contributed by atoms with Crippen LogP contribution in [-0.2, 0) is 0 Å². The SMILES string of the molecule is C/C(=N\NC(=O)Nc1ccccc1)C1(C)SCCS1. The molecule has 0 unspecified atom stereocenters. The zero-order valence-electron chi connectivity index (χ0n) is 11.0. The Hall–Kier alpha value is -1.14. The van der Waals surface area contributed by atoms with E-state index in [1.807, 2.05) is 60.8 Å². The van der Waals surface area contributed by atoms with Gasteiger partial charge in [0.1, 0.15) is 0 Å². The van der Waals surface area contributed by atoms with E-state index in [0.29, 0.717) is 0 Å². The van der Waals surface area contributed by atoms with Gasteiger partial charge < -0.3 is 5.32 Å². The monoisotopic (exact) mass is 295 g/mol. The summed E-state index contributed by atoms with van der Waals surface area (Å²) in [5.74, 6) is 2.26. The maximum Gasteiger partial charge on any atom is 0.339 e. The number of thioether (sulfide) groups is 2. The number of para-hydroxylation sites is 1. The first kappa shape index (κ1) is 14.3. The minimum absolute atomic E-state index is 0.0139. The summed E-state index contributed by atoms with van der Waals surface area (Å²) in [6.45, 7) is 4.10. The highest BCUT2D eigenvalue weighted by molar-refractivity contribution is 8.22. The van der Waals surface area contributed by atoms with E-state index in [-0.39, 0.29) is 10.1 Å². The van der Waals surface area contributed by atoms with Gasteiger partial charge in [0.15, 0.2) is 0 Å². The highest BCUT2D eigenvalue weighted by Crippen LogP contribution is 2.44. The van der Waals surface area contributed by atoms with Gasteiger partial charge in [-0.1, -0.05) is 18.2 Å².